The van der Waals surface area contributed by atoms with Crippen LogP contribution in [0.25, 0.3) is 0 Å². The number of hydrogen-bond donors (Lipinski definition) is 1. The summed E-state index contributed by atoms with van der Waals surface area (Å²) >= 11 is 0. The van der Waals surface area contributed by atoms with Gasteiger partial charge in [0, 0.05) is 24.7 Å². The number of rotatable bonds is 1. The lowest BCUT2D eigenvalue weighted by Gasteiger charge is -2.38. The number of hydrogen-bond acceptors (Lipinski definition) is 4. The minimum atomic E-state index is -4.24. The molecule has 0 bridgehead atoms. The van der Waals surface area contributed by atoms with Crippen molar-refractivity contribution in [2.45, 2.75) is 19.1 Å². The minimum absolute atomic E-state index is 0.244. The van der Waals surface area contributed by atoms with Crippen LogP contribution in [0.4, 0.5) is 24.5 Å². The van der Waals surface area contributed by atoms with Crippen molar-refractivity contribution in [1.82, 2.24) is 0 Å². The van der Waals surface area contributed by atoms with Gasteiger partial charge in [0.1, 0.15) is 19.8 Å². The molecule has 2 heterocycles. The zero-order valence-electron chi connectivity index (χ0n) is 11.0. The van der Waals surface area contributed by atoms with E-state index < -0.39 is 12.7 Å². The third kappa shape index (κ3) is 2.44. The molecule has 1 atom stereocenters. The first-order chi connectivity index (χ1) is 9.44. The highest BCUT2D eigenvalue weighted by atomic mass is 19.4. The average Bonchev–Trinajstić information content (AvgIpc) is 2.39. The maximum atomic E-state index is 12.7. The zero-order valence-corrected chi connectivity index (χ0v) is 11.0. The molecule has 0 aliphatic carbocycles. The highest BCUT2D eigenvalue weighted by Gasteiger charge is 2.36. The number of benzene rings is 1. The Bertz CT molecular complexity index is 519. The van der Waals surface area contributed by atoms with Crippen LogP contribution in [-0.2, 0) is 0 Å². The maximum Gasteiger partial charge on any atom is 0.405 e. The van der Waals surface area contributed by atoms with Crippen LogP contribution in [0.1, 0.15) is 6.92 Å². The molecule has 0 saturated heterocycles. The Morgan fingerprint density at radius 1 is 1.25 bits per heavy atom. The van der Waals surface area contributed by atoms with Crippen molar-refractivity contribution in [3.05, 3.63) is 12.1 Å². The van der Waals surface area contributed by atoms with Gasteiger partial charge in [-0.1, -0.05) is 0 Å². The van der Waals surface area contributed by atoms with Gasteiger partial charge < -0.3 is 19.7 Å². The van der Waals surface area contributed by atoms with Crippen LogP contribution in [0.15, 0.2) is 12.1 Å². The van der Waals surface area contributed by atoms with E-state index in [-0.39, 0.29) is 6.04 Å². The summed E-state index contributed by atoms with van der Waals surface area (Å²) in [5.74, 6) is 1.07. The van der Waals surface area contributed by atoms with Gasteiger partial charge in [0.25, 0.3) is 0 Å². The molecule has 0 aromatic heterocycles. The van der Waals surface area contributed by atoms with Crippen LogP contribution in [0.5, 0.6) is 11.5 Å². The molecule has 4 nitrogen and oxygen atoms in total. The van der Waals surface area contributed by atoms with Crippen molar-refractivity contribution in [3.63, 3.8) is 0 Å². The molecule has 0 radical (unpaired) electrons. The first-order valence-corrected chi connectivity index (χ1v) is 6.45. The zero-order chi connectivity index (χ0) is 14.3. The topological polar surface area (TPSA) is 33.7 Å². The van der Waals surface area contributed by atoms with E-state index in [0.29, 0.717) is 42.6 Å². The molecule has 1 N–H and O–H groups in total. The third-order valence-electron chi connectivity index (χ3n) is 3.44. The van der Waals surface area contributed by atoms with E-state index in [1.165, 1.54) is 4.90 Å². The second kappa shape index (κ2) is 4.64. The molecule has 3 rings (SSSR count). The van der Waals surface area contributed by atoms with Crippen molar-refractivity contribution in [2.75, 3.05) is 36.5 Å². The van der Waals surface area contributed by atoms with E-state index in [0.717, 1.165) is 0 Å². The molecule has 0 spiro atoms. The molecule has 2 aliphatic rings. The van der Waals surface area contributed by atoms with Gasteiger partial charge in [-0.25, -0.2) is 0 Å². The Hall–Kier alpha value is -1.79. The fourth-order valence-corrected chi connectivity index (χ4v) is 2.50. The van der Waals surface area contributed by atoms with Crippen LogP contribution in [0.2, 0.25) is 0 Å². The summed E-state index contributed by atoms with van der Waals surface area (Å²) in [6.07, 6.45) is -4.24. The molecular weight excluding hydrogens is 273 g/mol. The predicted octanol–water partition coefficient (Wildman–Crippen LogP) is 2.64. The summed E-state index contributed by atoms with van der Waals surface area (Å²) in [5, 5.41) is 3.13. The molecule has 2 aliphatic heterocycles. The molecule has 1 aromatic rings. The number of nitrogens with one attached hydrogen (secondary N) is 1. The summed E-state index contributed by atoms with van der Waals surface area (Å²) in [6, 6.07) is 3.09. The molecule has 0 saturated carbocycles. The molecule has 7 heteroatoms. The van der Waals surface area contributed by atoms with Gasteiger partial charge >= 0.3 is 6.18 Å². The van der Waals surface area contributed by atoms with Crippen molar-refractivity contribution in [3.8, 4) is 11.5 Å². The lowest BCUT2D eigenvalue weighted by molar-refractivity contribution is -0.120. The standard InChI is InChI=1S/C13H15F3N2O2/c1-8-6-17-9-4-11-12(20-3-2-19-11)5-10(9)18(8)7-13(14,15)16/h4-5,8,17H,2-3,6-7H2,1H3. The summed E-state index contributed by atoms with van der Waals surface area (Å²) in [4.78, 5) is 1.35. The Kier molecular flexibility index (Phi) is 3.07. The summed E-state index contributed by atoms with van der Waals surface area (Å²) < 4.78 is 49.1. The van der Waals surface area contributed by atoms with E-state index in [2.05, 4.69) is 5.32 Å². The minimum Gasteiger partial charge on any atom is -0.486 e. The maximum absolute atomic E-state index is 12.7. The third-order valence-corrected chi connectivity index (χ3v) is 3.44. The smallest absolute Gasteiger partial charge is 0.405 e. The Balaban J connectivity index is 1.99. The lowest BCUT2D eigenvalue weighted by atomic mass is 10.1. The first-order valence-electron chi connectivity index (χ1n) is 6.45. The van der Waals surface area contributed by atoms with Gasteiger partial charge in [-0.2, -0.15) is 13.2 Å². The highest BCUT2D eigenvalue weighted by Crippen LogP contribution is 2.43. The molecule has 0 amide bonds. The largest absolute Gasteiger partial charge is 0.486 e. The van der Waals surface area contributed by atoms with E-state index in [1.807, 2.05) is 0 Å². The summed E-state index contributed by atoms with van der Waals surface area (Å²) in [7, 11) is 0. The van der Waals surface area contributed by atoms with Gasteiger partial charge in [-0.15, -0.1) is 0 Å². The lowest BCUT2D eigenvalue weighted by Crippen LogP contribution is -2.46. The van der Waals surface area contributed by atoms with Crippen LogP contribution < -0.4 is 19.7 Å². The van der Waals surface area contributed by atoms with Crippen LogP contribution in [0, 0.1) is 0 Å². The van der Waals surface area contributed by atoms with E-state index in [9.17, 15) is 13.2 Å². The van der Waals surface area contributed by atoms with Crippen molar-refractivity contribution in [2.24, 2.45) is 0 Å². The number of anilines is 2. The van der Waals surface area contributed by atoms with E-state index in [4.69, 9.17) is 9.47 Å². The van der Waals surface area contributed by atoms with E-state index >= 15 is 0 Å². The normalized spacial score (nSPS) is 21.2. The quantitative estimate of drug-likeness (QED) is 0.861. The second-order valence-electron chi connectivity index (χ2n) is 4.99. The van der Waals surface area contributed by atoms with Gasteiger partial charge in [-0.3, -0.25) is 0 Å². The summed E-state index contributed by atoms with van der Waals surface area (Å²) in [6.45, 7) is 2.12. The predicted molar refractivity (Wildman–Crippen MR) is 68.8 cm³/mol. The molecule has 20 heavy (non-hydrogen) atoms. The van der Waals surface area contributed by atoms with Crippen LogP contribution >= 0.6 is 0 Å². The fourth-order valence-electron chi connectivity index (χ4n) is 2.50. The highest BCUT2D eigenvalue weighted by molar-refractivity contribution is 5.77. The number of nitrogens with zero attached hydrogens (tertiary/aromatic N) is 1. The van der Waals surface area contributed by atoms with Crippen molar-refractivity contribution in [1.29, 1.82) is 0 Å². The van der Waals surface area contributed by atoms with Crippen molar-refractivity contribution >= 4 is 11.4 Å². The molecule has 0 fully saturated rings. The Labute approximate surface area is 114 Å². The second-order valence-corrected chi connectivity index (χ2v) is 4.99. The first kappa shape index (κ1) is 13.2. The fraction of sp³-hybridized carbons (Fsp3) is 0.538. The average molecular weight is 288 g/mol. The summed E-state index contributed by atoms with van der Waals surface area (Å²) in [5.41, 5.74) is 1.15. The van der Waals surface area contributed by atoms with Gasteiger partial charge in [-0.05, 0) is 6.92 Å². The van der Waals surface area contributed by atoms with Gasteiger partial charge in [0.05, 0.1) is 11.4 Å². The number of ether oxygens (including phenoxy) is 2. The number of alkyl halides is 3. The molecular formula is C13H15F3N2O2. The Morgan fingerprint density at radius 3 is 2.55 bits per heavy atom. The van der Waals surface area contributed by atoms with Crippen LogP contribution in [0.3, 0.4) is 0 Å². The monoisotopic (exact) mass is 288 g/mol. The number of fused-ring (bicyclic) bond motifs is 2. The van der Waals surface area contributed by atoms with Crippen LogP contribution in [-0.4, -0.2) is 38.5 Å². The molecule has 110 valence electrons. The molecule has 1 aromatic carbocycles. The number of halogens is 3. The van der Waals surface area contributed by atoms with Gasteiger partial charge in [0.2, 0.25) is 0 Å². The molecule has 1 unspecified atom stereocenters. The van der Waals surface area contributed by atoms with E-state index in [1.54, 1.807) is 19.1 Å². The van der Waals surface area contributed by atoms with Gasteiger partial charge in [0.15, 0.2) is 11.5 Å². The SMILES string of the molecule is CC1CNc2cc3c(cc2N1CC(F)(F)F)OCCO3. The Morgan fingerprint density at radius 2 is 1.90 bits per heavy atom. The van der Waals surface area contributed by atoms with Crippen molar-refractivity contribution < 1.29 is 22.6 Å².